The highest BCUT2D eigenvalue weighted by Crippen LogP contribution is 2.20. The van der Waals surface area contributed by atoms with Crippen LogP contribution in [0.15, 0.2) is 24.0 Å². The second-order valence-corrected chi connectivity index (χ2v) is 4.91. The predicted octanol–water partition coefficient (Wildman–Crippen LogP) is 2.18. The van der Waals surface area contributed by atoms with Crippen molar-refractivity contribution in [3.05, 3.63) is 24.0 Å². The number of rotatable bonds is 3. The minimum Gasteiger partial charge on any atom is -0.464 e. The molecule has 1 aliphatic heterocycles. The van der Waals surface area contributed by atoms with Crippen molar-refractivity contribution < 1.29 is 28.6 Å². The van der Waals surface area contributed by atoms with E-state index in [2.05, 4.69) is 4.74 Å². The molecule has 8 heteroatoms. The molecule has 8 nitrogen and oxygen atoms in total. The Bertz CT molecular complexity index is 509. The number of nitrogens with zero attached hydrogens (tertiary/aromatic N) is 2. The average molecular weight is 312 g/mol. The Kier molecular flexibility index (Phi) is 5.97. The lowest BCUT2D eigenvalue weighted by Crippen LogP contribution is -2.50. The van der Waals surface area contributed by atoms with Gasteiger partial charge in [-0.25, -0.2) is 14.4 Å². The molecular formula is C14H20N2O6. The summed E-state index contributed by atoms with van der Waals surface area (Å²) in [5.74, 6) is -0.785. The van der Waals surface area contributed by atoms with E-state index in [1.54, 1.807) is 27.7 Å². The molecule has 22 heavy (non-hydrogen) atoms. The van der Waals surface area contributed by atoms with Gasteiger partial charge in [0.2, 0.25) is 0 Å². The van der Waals surface area contributed by atoms with Gasteiger partial charge in [0, 0.05) is 6.20 Å². The zero-order chi connectivity index (χ0) is 16.9. The van der Waals surface area contributed by atoms with E-state index in [1.807, 2.05) is 0 Å². The van der Waals surface area contributed by atoms with Gasteiger partial charge in [-0.1, -0.05) is 0 Å². The number of amides is 2. The summed E-state index contributed by atoms with van der Waals surface area (Å²) < 4.78 is 14.7. The molecule has 0 radical (unpaired) electrons. The van der Waals surface area contributed by atoms with Gasteiger partial charge in [0.1, 0.15) is 0 Å². The Labute approximate surface area is 128 Å². The number of hydrogen-bond donors (Lipinski definition) is 0. The maximum atomic E-state index is 12.2. The van der Waals surface area contributed by atoms with Crippen LogP contribution in [0.3, 0.4) is 0 Å². The molecule has 0 bridgehead atoms. The summed E-state index contributed by atoms with van der Waals surface area (Å²) in [6, 6.07) is 0. The normalized spacial score (nSPS) is 14.0. The van der Waals surface area contributed by atoms with Crippen molar-refractivity contribution in [1.29, 1.82) is 0 Å². The molecule has 1 aliphatic rings. The molecule has 2 amide bonds. The molecule has 0 spiro atoms. The molecule has 0 unspecified atom stereocenters. The number of ether oxygens (including phenoxy) is 3. The van der Waals surface area contributed by atoms with Gasteiger partial charge in [-0.3, -0.25) is 0 Å². The first-order valence-electron chi connectivity index (χ1n) is 6.75. The van der Waals surface area contributed by atoms with E-state index < -0.39 is 30.4 Å². The van der Waals surface area contributed by atoms with Crippen molar-refractivity contribution in [2.45, 2.75) is 39.9 Å². The third-order valence-electron chi connectivity index (χ3n) is 2.35. The Morgan fingerprint density at radius 2 is 1.55 bits per heavy atom. The molecule has 0 aliphatic carbocycles. The average Bonchev–Trinajstić information content (AvgIpc) is 2.44. The Morgan fingerprint density at radius 1 is 1.00 bits per heavy atom. The number of esters is 1. The first kappa shape index (κ1) is 17.5. The largest absolute Gasteiger partial charge is 0.464 e. The number of carbonyl (C=O) groups is 3. The van der Waals surface area contributed by atoms with Gasteiger partial charge >= 0.3 is 18.2 Å². The number of methoxy groups -OCH3 is 1. The molecule has 0 fully saturated rings. The molecule has 0 saturated carbocycles. The zero-order valence-electron chi connectivity index (χ0n) is 13.2. The summed E-state index contributed by atoms with van der Waals surface area (Å²) in [5, 5.41) is 1.63. The fourth-order valence-corrected chi connectivity index (χ4v) is 1.56. The van der Waals surface area contributed by atoms with Gasteiger partial charge < -0.3 is 14.2 Å². The van der Waals surface area contributed by atoms with Gasteiger partial charge in [0.15, 0.2) is 5.70 Å². The SMILES string of the molecule is COC(=O)C1=CC=CN(C(=O)OC(C)C)N1C(=O)OC(C)C. The summed E-state index contributed by atoms with van der Waals surface area (Å²) in [6.07, 6.45) is 1.52. The quantitative estimate of drug-likeness (QED) is 0.586. The lowest BCUT2D eigenvalue weighted by molar-refractivity contribution is -0.139. The lowest BCUT2D eigenvalue weighted by atomic mass is 10.3. The van der Waals surface area contributed by atoms with E-state index in [0.717, 1.165) is 10.0 Å². The Balaban J connectivity index is 3.12. The van der Waals surface area contributed by atoms with Crippen LogP contribution in [0.1, 0.15) is 27.7 Å². The number of allylic oxidation sites excluding steroid dienone is 2. The minimum atomic E-state index is -0.892. The smallest absolute Gasteiger partial charge is 0.434 e. The minimum absolute atomic E-state index is 0.156. The monoisotopic (exact) mass is 312 g/mol. The third kappa shape index (κ3) is 4.24. The highest BCUT2D eigenvalue weighted by atomic mass is 16.6. The van der Waals surface area contributed by atoms with Crippen molar-refractivity contribution in [3.8, 4) is 0 Å². The van der Waals surface area contributed by atoms with Gasteiger partial charge in [0.25, 0.3) is 0 Å². The summed E-state index contributed by atoms with van der Waals surface area (Å²) in [7, 11) is 1.17. The number of hydrogen-bond acceptors (Lipinski definition) is 6. The first-order valence-corrected chi connectivity index (χ1v) is 6.75. The summed E-state index contributed by atoms with van der Waals surface area (Å²) in [4.78, 5) is 36.1. The van der Waals surface area contributed by atoms with Crippen LogP contribution >= 0.6 is 0 Å². The van der Waals surface area contributed by atoms with Crippen LogP contribution < -0.4 is 0 Å². The maximum Gasteiger partial charge on any atom is 0.434 e. The fraction of sp³-hybridized carbons (Fsp3) is 0.500. The van der Waals surface area contributed by atoms with Crippen molar-refractivity contribution in [2.75, 3.05) is 7.11 Å². The summed E-state index contributed by atoms with van der Waals surface area (Å²) in [6.45, 7) is 6.63. The second-order valence-electron chi connectivity index (χ2n) is 4.91. The molecular weight excluding hydrogens is 292 g/mol. The lowest BCUT2D eigenvalue weighted by Gasteiger charge is -2.33. The van der Waals surface area contributed by atoms with E-state index in [9.17, 15) is 14.4 Å². The molecule has 1 heterocycles. The highest BCUT2D eigenvalue weighted by molar-refractivity contribution is 5.94. The fourth-order valence-electron chi connectivity index (χ4n) is 1.56. The van der Waals surface area contributed by atoms with Crippen LogP contribution in [-0.4, -0.2) is 47.5 Å². The van der Waals surface area contributed by atoms with Crippen molar-refractivity contribution >= 4 is 18.2 Å². The van der Waals surface area contributed by atoms with Crippen molar-refractivity contribution in [1.82, 2.24) is 10.0 Å². The van der Waals surface area contributed by atoms with E-state index >= 15 is 0 Å². The molecule has 0 aromatic rings. The van der Waals surface area contributed by atoms with Crippen LogP contribution in [-0.2, 0) is 19.0 Å². The maximum absolute atomic E-state index is 12.2. The van der Waals surface area contributed by atoms with Gasteiger partial charge in [-0.15, -0.1) is 0 Å². The third-order valence-corrected chi connectivity index (χ3v) is 2.35. The molecule has 122 valence electrons. The topological polar surface area (TPSA) is 85.4 Å². The molecule has 0 N–H and O–H groups in total. The molecule has 0 atom stereocenters. The van der Waals surface area contributed by atoms with Crippen LogP contribution in [0.4, 0.5) is 9.59 Å². The predicted molar refractivity (Wildman–Crippen MR) is 76.2 cm³/mol. The van der Waals surface area contributed by atoms with Crippen molar-refractivity contribution in [3.63, 3.8) is 0 Å². The molecule has 0 aromatic heterocycles. The summed E-state index contributed by atoms with van der Waals surface area (Å²) >= 11 is 0. The van der Waals surface area contributed by atoms with E-state index in [1.165, 1.54) is 25.5 Å². The van der Waals surface area contributed by atoms with Crippen LogP contribution in [0.5, 0.6) is 0 Å². The van der Waals surface area contributed by atoms with E-state index in [4.69, 9.17) is 9.47 Å². The van der Waals surface area contributed by atoms with E-state index in [0.29, 0.717) is 0 Å². The van der Waals surface area contributed by atoms with Crippen molar-refractivity contribution in [2.24, 2.45) is 0 Å². The zero-order valence-corrected chi connectivity index (χ0v) is 13.2. The van der Waals surface area contributed by atoms with E-state index in [-0.39, 0.29) is 5.70 Å². The Morgan fingerprint density at radius 3 is 2.05 bits per heavy atom. The number of carbonyl (C=O) groups excluding carboxylic acids is 3. The highest BCUT2D eigenvalue weighted by Gasteiger charge is 2.36. The van der Waals surface area contributed by atoms with Gasteiger partial charge in [0.05, 0.1) is 19.3 Å². The standard InChI is InChI=1S/C14H20N2O6/c1-9(2)21-13(18)15-8-6-7-11(12(17)20-5)16(15)14(19)22-10(3)4/h6-10H,1-5H3. The first-order chi connectivity index (χ1) is 10.3. The molecule has 0 aromatic carbocycles. The molecule has 0 saturated heterocycles. The Hall–Kier alpha value is -2.51. The van der Waals surface area contributed by atoms with Crippen LogP contribution in [0.25, 0.3) is 0 Å². The van der Waals surface area contributed by atoms with Crippen LogP contribution in [0, 0.1) is 0 Å². The molecule has 1 rings (SSSR count). The van der Waals surface area contributed by atoms with Crippen LogP contribution in [0.2, 0.25) is 0 Å². The summed E-state index contributed by atoms with van der Waals surface area (Å²) in [5.41, 5.74) is -0.156. The van der Waals surface area contributed by atoms with Gasteiger partial charge in [-0.05, 0) is 39.8 Å². The van der Waals surface area contributed by atoms with Gasteiger partial charge in [-0.2, -0.15) is 10.0 Å². The second kappa shape index (κ2) is 7.48. The number of hydrazine groups is 1.